The van der Waals surface area contributed by atoms with E-state index in [9.17, 15) is 4.79 Å². The zero-order valence-electron chi connectivity index (χ0n) is 12.1. The average molecular weight is 315 g/mol. The molecule has 3 rings (SSSR count). The zero-order valence-corrected chi connectivity index (χ0v) is 12.9. The first-order valence-corrected chi connectivity index (χ1v) is 7.48. The minimum Gasteiger partial charge on any atom is -0.451 e. The Balaban J connectivity index is 1.67. The van der Waals surface area contributed by atoms with Gasteiger partial charge >= 0.3 is 5.97 Å². The summed E-state index contributed by atoms with van der Waals surface area (Å²) in [5.74, 6) is 0.256. The molecule has 0 atom stereocenters. The molecule has 0 fully saturated rings. The van der Waals surface area contributed by atoms with Gasteiger partial charge in [0.05, 0.1) is 0 Å². The van der Waals surface area contributed by atoms with Crippen molar-refractivity contribution in [2.45, 2.75) is 20.5 Å². The molecule has 0 saturated carbocycles. The number of rotatable bonds is 4. The van der Waals surface area contributed by atoms with Crippen molar-refractivity contribution in [2.24, 2.45) is 0 Å². The van der Waals surface area contributed by atoms with Crippen molar-refractivity contribution in [2.75, 3.05) is 0 Å². The van der Waals surface area contributed by atoms with Gasteiger partial charge in [-0.1, -0.05) is 35.0 Å². The van der Waals surface area contributed by atoms with Gasteiger partial charge < -0.3 is 9.26 Å². The predicted molar refractivity (Wildman–Crippen MR) is 80.4 cm³/mol. The maximum absolute atomic E-state index is 12.0. The number of benzene rings is 1. The number of hydrogen-bond acceptors (Lipinski definition) is 7. The molecule has 22 heavy (non-hydrogen) atoms. The summed E-state index contributed by atoms with van der Waals surface area (Å²) < 4.78 is 9.98. The number of hydrogen-bond donors (Lipinski definition) is 0. The minimum atomic E-state index is -0.509. The molecular formula is C15H13N3O3S. The number of aromatic nitrogens is 3. The Morgan fingerprint density at radius 2 is 2.00 bits per heavy atom. The van der Waals surface area contributed by atoms with Crippen molar-refractivity contribution in [3.63, 3.8) is 0 Å². The molecule has 0 amide bonds. The van der Waals surface area contributed by atoms with Gasteiger partial charge in [0.25, 0.3) is 5.89 Å². The Bertz CT molecular complexity index is 792. The van der Waals surface area contributed by atoms with Gasteiger partial charge in [-0.3, -0.25) is 0 Å². The lowest BCUT2D eigenvalue weighted by molar-refractivity contribution is 0.0424. The molecule has 2 aromatic heterocycles. The Morgan fingerprint density at radius 3 is 2.68 bits per heavy atom. The number of esters is 1. The van der Waals surface area contributed by atoms with Crippen molar-refractivity contribution in [3.8, 4) is 10.6 Å². The molecule has 0 aliphatic rings. The Kier molecular flexibility index (Phi) is 3.97. The lowest BCUT2D eigenvalue weighted by Gasteiger charge is -1.98. The molecule has 0 bridgehead atoms. The van der Waals surface area contributed by atoms with Gasteiger partial charge in [0.2, 0.25) is 0 Å². The number of aryl methyl sites for hydroxylation is 2. The van der Waals surface area contributed by atoms with Crippen molar-refractivity contribution in [1.82, 2.24) is 15.1 Å². The Hall–Kier alpha value is -2.54. The maximum Gasteiger partial charge on any atom is 0.358 e. The van der Waals surface area contributed by atoms with E-state index in [0.717, 1.165) is 10.6 Å². The molecule has 0 spiro atoms. The summed E-state index contributed by atoms with van der Waals surface area (Å²) in [4.78, 5) is 20.2. The first kappa shape index (κ1) is 14.4. The van der Waals surface area contributed by atoms with Crippen molar-refractivity contribution in [3.05, 3.63) is 52.6 Å². The molecule has 7 heteroatoms. The molecule has 0 aliphatic heterocycles. The van der Waals surface area contributed by atoms with Crippen LogP contribution in [0.15, 0.2) is 34.2 Å². The van der Waals surface area contributed by atoms with E-state index < -0.39 is 5.97 Å². The highest BCUT2D eigenvalue weighted by atomic mass is 32.1. The zero-order chi connectivity index (χ0) is 15.5. The quantitative estimate of drug-likeness (QED) is 0.688. The maximum atomic E-state index is 12.0. The number of carbonyl (C=O) groups excluding carboxylic acids is 1. The number of carbonyl (C=O) groups is 1. The highest BCUT2D eigenvalue weighted by Gasteiger charge is 2.15. The minimum absolute atomic E-state index is 0.0585. The van der Waals surface area contributed by atoms with E-state index in [4.69, 9.17) is 9.26 Å². The van der Waals surface area contributed by atoms with Crippen molar-refractivity contribution >= 4 is 17.3 Å². The second-order valence-corrected chi connectivity index (χ2v) is 5.57. The highest BCUT2D eigenvalue weighted by Crippen LogP contribution is 2.24. The van der Waals surface area contributed by atoms with Crippen LogP contribution in [0.5, 0.6) is 0 Å². The van der Waals surface area contributed by atoms with Crippen molar-refractivity contribution < 1.29 is 14.1 Å². The van der Waals surface area contributed by atoms with Crippen LogP contribution in [0.3, 0.4) is 0 Å². The summed E-state index contributed by atoms with van der Waals surface area (Å²) in [6, 6.07) is 7.97. The molecular weight excluding hydrogens is 302 g/mol. The average Bonchev–Trinajstić information content (AvgIpc) is 3.15. The van der Waals surface area contributed by atoms with E-state index in [1.807, 2.05) is 31.2 Å². The molecule has 0 N–H and O–H groups in total. The fourth-order valence-electron chi connectivity index (χ4n) is 1.80. The van der Waals surface area contributed by atoms with E-state index in [-0.39, 0.29) is 18.2 Å². The van der Waals surface area contributed by atoms with Gasteiger partial charge in [0, 0.05) is 10.9 Å². The molecule has 2 heterocycles. The summed E-state index contributed by atoms with van der Waals surface area (Å²) in [6.45, 7) is 3.66. The van der Waals surface area contributed by atoms with Gasteiger partial charge in [0.1, 0.15) is 5.01 Å². The van der Waals surface area contributed by atoms with Crippen LogP contribution in [0, 0.1) is 13.8 Å². The smallest absolute Gasteiger partial charge is 0.358 e. The normalized spacial score (nSPS) is 10.6. The molecule has 0 radical (unpaired) electrons. The number of ether oxygens (including phenoxy) is 1. The van der Waals surface area contributed by atoms with Crippen LogP contribution in [0.1, 0.15) is 27.8 Å². The van der Waals surface area contributed by atoms with Crippen LogP contribution in [-0.4, -0.2) is 21.1 Å². The predicted octanol–water partition coefficient (Wildman–Crippen LogP) is 3.17. The SMILES string of the molecule is Cc1ccc(-c2nc(C(=O)OCc3nc(C)no3)cs2)cc1. The second-order valence-electron chi connectivity index (χ2n) is 4.72. The lowest BCUT2D eigenvalue weighted by atomic mass is 10.2. The molecule has 0 unspecified atom stereocenters. The van der Waals surface area contributed by atoms with E-state index in [2.05, 4.69) is 15.1 Å². The molecule has 6 nitrogen and oxygen atoms in total. The van der Waals surface area contributed by atoms with Gasteiger partial charge in [0.15, 0.2) is 18.1 Å². The van der Waals surface area contributed by atoms with Crippen LogP contribution in [-0.2, 0) is 11.3 Å². The van der Waals surface area contributed by atoms with E-state index in [1.165, 1.54) is 16.9 Å². The first-order valence-electron chi connectivity index (χ1n) is 6.61. The lowest BCUT2D eigenvalue weighted by Crippen LogP contribution is -2.05. The van der Waals surface area contributed by atoms with Gasteiger partial charge in [-0.25, -0.2) is 9.78 Å². The summed E-state index contributed by atoms with van der Waals surface area (Å²) in [6.07, 6.45) is 0. The van der Waals surface area contributed by atoms with Crippen LogP contribution in [0.2, 0.25) is 0 Å². The molecule has 0 saturated heterocycles. The third-order valence-corrected chi connectivity index (χ3v) is 3.80. The summed E-state index contributed by atoms with van der Waals surface area (Å²) >= 11 is 1.40. The molecule has 112 valence electrons. The fourth-order valence-corrected chi connectivity index (χ4v) is 2.59. The third kappa shape index (κ3) is 3.20. The number of nitrogens with zero attached hydrogens (tertiary/aromatic N) is 3. The highest BCUT2D eigenvalue weighted by molar-refractivity contribution is 7.13. The van der Waals surface area contributed by atoms with Gasteiger partial charge in [-0.15, -0.1) is 11.3 Å². The van der Waals surface area contributed by atoms with Crippen LogP contribution < -0.4 is 0 Å². The monoisotopic (exact) mass is 315 g/mol. The van der Waals surface area contributed by atoms with E-state index in [0.29, 0.717) is 5.82 Å². The topological polar surface area (TPSA) is 78.1 Å². The standard InChI is InChI=1S/C15H13N3O3S/c1-9-3-5-11(6-4-9)14-17-12(8-22-14)15(19)20-7-13-16-10(2)18-21-13/h3-6,8H,7H2,1-2H3. The van der Waals surface area contributed by atoms with Gasteiger partial charge in [-0.2, -0.15) is 4.98 Å². The van der Waals surface area contributed by atoms with Gasteiger partial charge in [-0.05, 0) is 13.8 Å². The summed E-state index contributed by atoms with van der Waals surface area (Å²) in [5, 5.41) is 6.08. The Morgan fingerprint density at radius 1 is 1.23 bits per heavy atom. The summed E-state index contributed by atoms with van der Waals surface area (Å²) in [7, 11) is 0. The second kappa shape index (κ2) is 6.07. The van der Waals surface area contributed by atoms with Crippen LogP contribution in [0.25, 0.3) is 10.6 Å². The van der Waals surface area contributed by atoms with Crippen LogP contribution in [0.4, 0.5) is 0 Å². The third-order valence-electron chi connectivity index (χ3n) is 2.91. The molecule has 3 aromatic rings. The number of thiazole rings is 1. The van der Waals surface area contributed by atoms with Crippen molar-refractivity contribution in [1.29, 1.82) is 0 Å². The first-order chi connectivity index (χ1) is 10.6. The largest absolute Gasteiger partial charge is 0.451 e. The Labute approximate surface area is 130 Å². The molecule has 1 aromatic carbocycles. The van der Waals surface area contributed by atoms with E-state index >= 15 is 0 Å². The fraction of sp³-hybridized carbons (Fsp3) is 0.200. The summed E-state index contributed by atoms with van der Waals surface area (Å²) in [5.41, 5.74) is 2.42. The van der Waals surface area contributed by atoms with Crippen LogP contribution >= 0.6 is 11.3 Å². The molecule has 0 aliphatic carbocycles. The van der Waals surface area contributed by atoms with E-state index in [1.54, 1.807) is 12.3 Å².